The van der Waals surface area contributed by atoms with Gasteiger partial charge in [0.05, 0.1) is 18.8 Å². The van der Waals surface area contributed by atoms with Gasteiger partial charge in [0.2, 0.25) is 0 Å². The van der Waals surface area contributed by atoms with E-state index in [1.54, 1.807) is 7.11 Å². The lowest BCUT2D eigenvalue weighted by molar-refractivity contribution is 0.161. The third-order valence-electron chi connectivity index (χ3n) is 6.57. The van der Waals surface area contributed by atoms with Gasteiger partial charge in [0.1, 0.15) is 5.75 Å². The molecule has 0 spiro atoms. The van der Waals surface area contributed by atoms with Crippen molar-refractivity contribution in [3.63, 3.8) is 0 Å². The summed E-state index contributed by atoms with van der Waals surface area (Å²) < 4.78 is 7.66. The van der Waals surface area contributed by atoms with E-state index in [9.17, 15) is 0 Å². The second-order valence-corrected chi connectivity index (χ2v) is 8.83. The fourth-order valence-electron chi connectivity index (χ4n) is 4.70. The Balaban J connectivity index is 0.00000385. The van der Waals surface area contributed by atoms with Gasteiger partial charge in [0.25, 0.3) is 0 Å². The van der Waals surface area contributed by atoms with Gasteiger partial charge in [-0.2, -0.15) is 5.10 Å². The number of benzene rings is 1. The molecule has 1 aromatic carbocycles. The quantitative estimate of drug-likeness (QED) is 0.287. The maximum Gasteiger partial charge on any atom is 0.191 e. The summed E-state index contributed by atoms with van der Waals surface area (Å²) in [5.74, 6) is 1.78. The lowest BCUT2D eigenvalue weighted by Gasteiger charge is -2.36. The molecular weight excluding hydrogens is 527 g/mol. The summed E-state index contributed by atoms with van der Waals surface area (Å²) in [6.45, 7) is 9.42. The molecule has 0 bridgehead atoms. The van der Waals surface area contributed by atoms with Crippen LogP contribution in [0.3, 0.4) is 0 Å². The number of ether oxygens (including phenoxy) is 1. The van der Waals surface area contributed by atoms with E-state index in [0.717, 1.165) is 43.5 Å². The Morgan fingerprint density at radius 1 is 1.18 bits per heavy atom. The van der Waals surface area contributed by atoms with Crippen molar-refractivity contribution in [2.24, 2.45) is 12.0 Å². The standard InChI is InChI=1S/C25H40N6O.HI/c1-18(16-22-19(2)29-30(5)20(22)3)28-25(26-4)27-17-23(31-14-10-7-11-15-31)21-12-8-9-13-24(21)32-6;/h8-9,12-13,18,23H,7,10-11,14-17H2,1-6H3,(H2,26,27,28);1H. The van der Waals surface area contributed by atoms with Gasteiger partial charge in [-0.05, 0) is 64.8 Å². The molecule has 2 heterocycles. The predicted octanol–water partition coefficient (Wildman–Crippen LogP) is 3.99. The Bertz CT molecular complexity index is 906. The maximum atomic E-state index is 5.70. The van der Waals surface area contributed by atoms with E-state index in [-0.39, 0.29) is 36.1 Å². The van der Waals surface area contributed by atoms with Crippen LogP contribution in [0.5, 0.6) is 5.75 Å². The Morgan fingerprint density at radius 3 is 2.48 bits per heavy atom. The molecule has 1 saturated heterocycles. The number of nitrogens with zero attached hydrogens (tertiary/aromatic N) is 4. The van der Waals surface area contributed by atoms with Crippen molar-refractivity contribution >= 4 is 29.9 Å². The monoisotopic (exact) mass is 568 g/mol. The van der Waals surface area contributed by atoms with Crippen LogP contribution in [0.15, 0.2) is 29.3 Å². The number of aliphatic imine (C=N–C) groups is 1. The van der Waals surface area contributed by atoms with E-state index in [2.05, 4.69) is 64.6 Å². The second-order valence-electron chi connectivity index (χ2n) is 8.83. The molecule has 184 valence electrons. The highest BCUT2D eigenvalue weighted by molar-refractivity contribution is 14.0. The minimum absolute atomic E-state index is 0. The molecule has 0 aliphatic carbocycles. The van der Waals surface area contributed by atoms with Crippen molar-refractivity contribution < 1.29 is 4.74 Å². The third-order valence-corrected chi connectivity index (χ3v) is 6.57. The zero-order chi connectivity index (χ0) is 23.1. The van der Waals surface area contributed by atoms with Crippen LogP contribution in [-0.4, -0.2) is 60.5 Å². The van der Waals surface area contributed by atoms with Crippen LogP contribution in [0.4, 0.5) is 0 Å². The highest BCUT2D eigenvalue weighted by atomic mass is 127. The lowest BCUT2D eigenvalue weighted by atomic mass is 10.0. The van der Waals surface area contributed by atoms with Crippen molar-refractivity contribution in [1.82, 2.24) is 25.3 Å². The van der Waals surface area contributed by atoms with Crippen LogP contribution in [0, 0.1) is 13.8 Å². The first-order valence-corrected chi connectivity index (χ1v) is 11.8. The number of guanidine groups is 1. The van der Waals surface area contributed by atoms with Crippen molar-refractivity contribution in [3.05, 3.63) is 46.8 Å². The summed E-state index contributed by atoms with van der Waals surface area (Å²) >= 11 is 0. The average Bonchev–Trinajstić information content (AvgIpc) is 3.05. The van der Waals surface area contributed by atoms with E-state index in [0.29, 0.717) is 0 Å². The van der Waals surface area contributed by atoms with Gasteiger partial charge in [0, 0.05) is 37.9 Å². The molecule has 1 aromatic heterocycles. The fourth-order valence-corrected chi connectivity index (χ4v) is 4.70. The van der Waals surface area contributed by atoms with E-state index in [1.165, 1.54) is 36.1 Å². The van der Waals surface area contributed by atoms with Crippen LogP contribution in [0.25, 0.3) is 0 Å². The number of halogens is 1. The number of aromatic nitrogens is 2. The predicted molar refractivity (Wildman–Crippen MR) is 147 cm³/mol. The van der Waals surface area contributed by atoms with Gasteiger partial charge < -0.3 is 15.4 Å². The number of rotatable bonds is 8. The molecule has 8 heteroatoms. The van der Waals surface area contributed by atoms with Gasteiger partial charge in [-0.15, -0.1) is 24.0 Å². The molecule has 2 aromatic rings. The van der Waals surface area contributed by atoms with Crippen LogP contribution < -0.4 is 15.4 Å². The highest BCUT2D eigenvalue weighted by Crippen LogP contribution is 2.30. The molecule has 1 aliphatic rings. The summed E-state index contributed by atoms with van der Waals surface area (Å²) in [4.78, 5) is 7.07. The molecule has 0 radical (unpaired) electrons. The number of hydrogen-bond donors (Lipinski definition) is 2. The summed E-state index contributed by atoms with van der Waals surface area (Å²) in [6.07, 6.45) is 4.73. The van der Waals surface area contributed by atoms with Crippen molar-refractivity contribution in [2.75, 3.05) is 33.8 Å². The average molecular weight is 569 g/mol. The van der Waals surface area contributed by atoms with Crippen molar-refractivity contribution in [2.45, 2.75) is 58.5 Å². The number of aryl methyl sites for hydroxylation is 2. The summed E-state index contributed by atoms with van der Waals surface area (Å²) in [7, 11) is 5.59. The second kappa shape index (κ2) is 13.2. The number of hydrogen-bond acceptors (Lipinski definition) is 4. The van der Waals surface area contributed by atoms with E-state index >= 15 is 0 Å². The van der Waals surface area contributed by atoms with Crippen molar-refractivity contribution in [1.29, 1.82) is 0 Å². The first kappa shape index (κ1) is 27.4. The first-order valence-electron chi connectivity index (χ1n) is 11.8. The number of methoxy groups -OCH3 is 1. The SMILES string of the molecule is CN=C(NCC(c1ccccc1OC)N1CCCCC1)NC(C)Cc1c(C)nn(C)c1C.I. The topological polar surface area (TPSA) is 66.7 Å². The van der Waals surface area contributed by atoms with Gasteiger partial charge in [-0.25, -0.2) is 0 Å². The number of likely N-dealkylation sites (tertiary alicyclic amines) is 1. The number of para-hydroxylation sites is 1. The van der Waals surface area contributed by atoms with E-state index in [4.69, 9.17) is 4.74 Å². The van der Waals surface area contributed by atoms with Crippen LogP contribution in [0.1, 0.15) is 54.7 Å². The van der Waals surface area contributed by atoms with E-state index < -0.39 is 0 Å². The zero-order valence-corrected chi connectivity index (χ0v) is 23.3. The van der Waals surface area contributed by atoms with Crippen LogP contribution in [0.2, 0.25) is 0 Å². The minimum Gasteiger partial charge on any atom is -0.496 e. The van der Waals surface area contributed by atoms with Crippen LogP contribution >= 0.6 is 24.0 Å². The van der Waals surface area contributed by atoms with Gasteiger partial charge in [-0.3, -0.25) is 14.6 Å². The Labute approximate surface area is 216 Å². The van der Waals surface area contributed by atoms with Gasteiger partial charge >= 0.3 is 0 Å². The lowest BCUT2D eigenvalue weighted by Crippen LogP contribution is -2.47. The first-order chi connectivity index (χ1) is 15.4. The highest BCUT2D eigenvalue weighted by Gasteiger charge is 2.25. The van der Waals surface area contributed by atoms with E-state index in [1.807, 2.05) is 24.8 Å². The molecule has 0 saturated carbocycles. The summed E-state index contributed by atoms with van der Waals surface area (Å²) in [6, 6.07) is 8.86. The smallest absolute Gasteiger partial charge is 0.191 e. The third kappa shape index (κ3) is 7.09. The molecule has 2 unspecified atom stereocenters. The minimum atomic E-state index is 0. The fraction of sp³-hybridized carbons (Fsp3) is 0.600. The number of piperidine rings is 1. The zero-order valence-electron chi connectivity index (χ0n) is 21.0. The van der Waals surface area contributed by atoms with Gasteiger partial charge in [0.15, 0.2) is 5.96 Å². The molecule has 1 fully saturated rings. The Morgan fingerprint density at radius 2 is 1.88 bits per heavy atom. The largest absolute Gasteiger partial charge is 0.496 e. The number of nitrogens with one attached hydrogen (secondary N) is 2. The maximum absolute atomic E-state index is 5.70. The molecule has 0 amide bonds. The molecule has 7 nitrogen and oxygen atoms in total. The molecule has 3 rings (SSSR count). The molecular formula is C25H41IN6O. The van der Waals surface area contributed by atoms with Crippen molar-refractivity contribution in [3.8, 4) is 5.75 Å². The Kier molecular flexibility index (Phi) is 11.0. The summed E-state index contributed by atoms with van der Waals surface area (Å²) in [5.41, 5.74) is 4.86. The molecule has 1 aliphatic heterocycles. The van der Waals surface area contributed by atoms with Gasteiger partial charge in [-0.1, -0.05) is 24.6 Å². The normalized spacial score (nSPS) is 16.6. The van der Waals surface area contributed by atoms with Crippen LogP contribution in [-0.2, 0) is 13.5 Å². The summed E-state index contributed by atoms with van der Waals surface area (Å²) in [5, 5.41) is 11.7. The Hall–Kier alpha value is -1.81. The molecule has 33 heavy (non-hydrogen) atoms. The molecule has 2 N–H and O–H groups in total. The molecule has 2 atom stereocenters.